The maximum atomic E-state index is 12.9. The van der Waals surface area contributed by atoms with Gasteiger partial charge in [-0.3, -0.25) is 0 Å². The minimum absolute atomic E-state index is 0.0828. The van der Waals surface area contributed by atoms with Gasteiger partial charge in [0.25, 0.3) is 0 Å². The van der Waals surface area contributed by atoms with Crippen molar-refractivity contribution < 1.29 is 22.1 Å². The standard InChI is InChI=1S/C19H15F3N6O2S2.C2H6/c1-32(29)28-8-12(7-24-28)11-2-3-13-14(6-11)30-5-4-15-16(13)26-18(31-15)17-23-10-25-27(17)9-19(20,21)22;1-2/h2-3,6-8,10H,4-5,9H2,1H3;1-2H3. The molecule has 8 nitrogen and oxygen atoms in total. The highest BCUT2D eigenvalue weighted by molar-refractivity contribution is 7.82. The summed E-state index contributed by atoms with van der Waals surface area (Å²) in [7, 11) is -1.25. The number of fused-ring (bicyclic) bond motifs is 3. The first-order valence-electron chi connectivity index (χ1n) is 10.4. The van der Waals surface area contributed by atoms with Crippen molar-refractivity contribution in [3.63, 3.8) is 0 Å². The number of nitrogens with zero attached hydrogens (tertiary/aromatic N) is 6. The topological polar surface area (TPSA) is 87.7 Å². The smallest absolute Gasteiger partial charge is 0.408 e. The van der Waals surface area contributed by atoms with Crippen molar-refractivity contribution in [1.29, 1.82) is 0 Å². The zero-order valence-corrected chi connectivity index (χ0v) is 20.2. The van der Waals surface area contributed by atoms with Gasteiger partial charge in [0, 0.05) is 34.9 Å². The maximum absolute atomic E-state index is 12.9. The second-order valence-corrected chi connectivity index (χ2v) is 9.32. The van der Waals surface area contributed by atoms with Gasteiger partial charge in [-0.25, -0.2) is 18.9 Å². The fourth-order valence-electron chi connectivity index (χ4n) is 3.41. The monoisotopic (exact) mass is 510 g/mol. The molecular formula is C21H21F3N6O2S2. The van der Waals surface area contributed by atoms with Crippen molar-refractivity contribution in [2.75, 3.05) is 12.9 Å². The second kappa shape index (κ2) is 9.66. The molecule has 34 heavy (non-hydrogen) atoms. The van der Waals surface area contributed by atoms with E-state index in [4.69, 9.17) is 4.74 Å². The first-order valence-corrected chi connectivity index (χ1v) is 12.7. The van der Waals surface area contributed by atoms with Crippen LogP contribution in [0.5, 0.6) is 5.75 Å². The Labute approximate surface area is 200 Å². The Morgan fingerprint density at radius 3 is 2.71 bits per heavy atom. The molecule has 1 aliphatic rings. The molecule has 1 atom stereocenters. The predicted molar refractivity (Wildman–Crippen MR) is 124 cm³/mol. The van der Waals surface area contributed by atoms with Crippen LogP contribution in [0, 0.1) is 0 Å². The van der Waals surface area contributed by atoms with E-state index in [2.05, 4.69) is 20.2 Å². The molecule has 1 aliphatic heterocycles. The van der Waals surface area contributed by atoms with Gasteiger partial charge in [0.1, 0.15) is 29.6 Å². The summed E-state index contributed by atoms with van der Waals surface area (Å²) in [5.74, 6) is 0.694. The van der Waals surface area contributed by atoms with Gasteiger partial charge in [0.2, 0.25) is 0 Å². The van der Waals surface area contributed by atoms with Crippen molar-refractivity contribution in [1.82, 2.24) is 28.9 Å². The van der Waals surface area contributed by atoms with Crippen molar-refractivity contribution in [3.8, 4) is 39.0 Å². The highest BCUT2D eigenvalue weighted by atomic mass is 32.2. The molecule has 13 heteroatoms. The Kier molecular flexibility index (Phi) is 6.84. The van der Waals surface area contributed by atoms with Crippen LogP contribution in [-0.4, -0.2) is 52.2 Å². The second-order valence-electron chi connectivity index (χ2n) is 7.01. The molecule has 3 aromatic heterocycles. The lowest BCUT2D eigenvalue weighted by molar-refractivity contribution is -0.142. The van der Waals surface area contributed by atoms with Crippen molar-refractivity contribution >= 4 is 22.3 Å². The maximum Gasteiger partial charge on any atom is 0.408 e. The molecule has 0 N–H and O–H groups in total. The number of hydrogen-bond donors (Lipinski definition) is 0. The molecule has 180 valence electrons. The summed E-state index contributed by atoms with van der Waals surface area (Å²) >= 11 is 1.29. The van der Waals surface area contributed by atoms with E-state index >= 15 is 0 Å². The summed E-state index contributed by atoms with van der Waals surface area (Å²) in [5.41, 5.74) is 3.03. The minimum atomic E-state index is -4.41. The summed E-state index contributed by atoms with van der Waals surface area (Å²) in [4.78, 5) is 9.51. The van der Waals surface area contributed by atoms with Crippen LogP contribution in [0.3, 0.4) is 0 Å². The lowest BCUT2D eigenvalue weighted by Gasteiger charge is -2.09. The Bertz CT molecular complexity index is 1330. The molecule has 0 aliphatic carbocycles. The highest BCUT2D eigenvalue weighted by Gasteiger charge is 2.31. The summed E-state index contributed by atoms with van der Waals surface area (Å²) in [6, 6.07) is 5.59. The fraction of sp³-hybridized carbons (Fsp3) is 0.333. The predicted octanol–water partition coefficient (Wildman–Crippen LogP) is 4.60. The third kappa shape index (κ3) is 4.89. The first kappa shape index (κ1) is 24.1. The van der Waals surface area contributed by atoms with Crippen LogP contribution in [0.2, 0.25) is 0 Å². The van der Waals surface area contributed by atoms with Crippen LogP contribution < -0.4 is 4.74 Å². The zero-order valence-electron chi connectivity index (χ0n) is 18.5. The van der Waals surface area contributed by atoms with E-state index in [-0.39, 0.29) is 5.82 Å². The van der Waals surface area contributed by atoms with E-state index in [9.17, 15) is 17.4 Å². The number of halogens is 3. The van der Waals surface area contributed by atoms with Gasteiger partial charge in [0.05, 0.1) is 18.5 Å². The van der Waals surface area contributed by atoms with Crippen LogP contribution in [0.15, 0.2) is 36.9 Å². The largest absolute Gasteiger partial charge is 0.492 e. The van der Waals surface area contributed by atoms with E-state index in [1.807, 2.05) is 32.0 Å². The Balaban J connectivity index is 0.00000133. The van der Waals surface area contributed by atoms with E-state index in [0.717, 1.165) is 32.6 Å². The third-order valence-electron chi connectivity index (χ3n) is 4.81. The molecule has 0 saturated carbocycles. The number of aromatic nitrogens is 6. The van der Waals surface area contributed by atoms with Gasteiger partial charge in [0.15, 0.2) is 10.8 Å². The number of alkyl halides is 3. The van der Waals surface area contributed by atoms with E-state index in [1.165, 1.54) is 21.7 Å². The van der Waals surface area contributed by atoms with E-state index < -0.39 is 23.7 Å². The summed E-state index contributed by atoms with van der Waals surface area (Å²) in [5, 5.41) is 8.17. The quantitative estimate of drug-likeness (QED) is 0.399. The van der Waals surface area contributed by atoms with E-state index in [1.54, 1.807) is 12.4 Å². The molecule has 0 radical (unpaired) electrons. The van der Waals surface area contributed by atoms with Crippen LogP contribution in [0.25, 0.3) is 33.2 Å². The van der Waals surface area contributed by atoms with Crippen LogP contribution >= 0.6 is 11.3 Å². The van der Waals surface area contributed by atoms with Gasteiger partial charge in [-0.15, -0.1) is 11.3 Å². The Morgan fingerprint density at radius 2 is 2.00 bits per heavy atom. The number of benzene rings is 1. The molecule has 1 aromatic carbocycles. The summed E-state index contributed by atoms with van der Waals surface area (Å²) in [6.07, 6.45) is 2.10. The molecular weight excluding hydrogens is 489 g/mol. The van der Waals surface area contributed by atoms with Crippen molar-refractivity contribution in [2.45, 2.75) is 33.0 Å². The highest BCUT2D eigenvalue weighted by Crippen LogP contribution is 2.41. The first-order chi connectivity index (χ1) is 16.3. The van der Waals surface area contributed by atoms with E-state index in [0.29, 0.717) is 29.5 Å². The average molecular weight is 511 g/mol. The van der Waals surface area contributed by atoms with Crippen LogP contribution in [0.4, 0.5) is 13.2 Å². The number of ether oxygens (including phenoxy) is 1. The lowest BCUT2D eigenvalue weighted by atomic mass is 10.0. The van der Waals surface area contributed by atoms with Crippen molar-refractivity contribution in [2.24, 2.45) is 0 Å². The molecule has 5 rings (SSSR count). The Hall–Kier alpha value is -3.06. The van der Waals surface area contributed by atoms with Crippen molar-refractivity contribution in [3.05, 3.63) is 41.8 Å². The molecule has 0 bridgehead atoms. The minimum Gasteiger partial charge on any atom is -0.492 e. The van der Waals surface area contributed by atoms with Gasteiger partial charge in [-0.05, 0) is 17.7 Å². The molecule has 4 aromatic rings. The number of thiazole rings is 1. The third-order valence-corrected chi connectivity index (χ3v) is 6.65. The number of rotatable bonds is 4. The molecule has 1 unspecified atom stereocenters. The molecule has 0 spiro atoms. The zero-order chi connectivity index (χ0) is 24.5. The lowest BCUT2D eigenvalue weighted by Crippen LogP contribution is -2.19. The van der Waals surface area contributed by atoms with Crippen LogP contribution in [0.1, 0.15) is 18.7 Å². The summed E-state index contributed by atoms with van der Waals surface area (Å²) in [6.45, 7) is 3.17. The average Bonchev–Trinajstić information content (AvgIpc) is 3.52. The molecule has 0 saturated heterocycles. The van der Waals surface area contributed by atoms with Gasteiger partial charge in [-0.1, -0.05) is 19.9 Å². The number of hydrogen-bond acceptors (Lipinski definition) is 7. The summed E-state index contributed by atoms with van der Waals surface area (Å²) < 4.78 is 58.3. The van der Waals surface area contributed by atoms with Gasteiger partial charge in [-0.2, -0.15) is 27.5 Å². The van der Waals surface area contributed by atoms with Gasteiger partial charge >= 0.3 is 6.18 Å². The van der Waals surface area contributed by atoms with Gasteiger partial charge < -0.3 is 4.74 Å². The SMILES string of the molecule is CC.CS(=O)n1cc(-c2ccc3c(c2)OCCc2sc(-c4ncnn4CC(F)(F)F)nc2-3)cn1. The molecule has 0 fully saturated rings. The Morgan fingerprint density at radius 1 is 1.21 bits per heavy atom. The van der Waals surface area contributed by atoms with Crippen LogP contribution in [-0.2, 0) is 24.0 Å². The molecule has 4 heterocycles. The molecule has 0 amide bonds. The fourth-order valence-corrected chi connectivity index (χ4v) is 4.91. The normalized spacial score (nSPS) is 13.7.